The number of halogens is 2. The lowest BCUT2D eigenvalue weighted by Gasteiger charge is -2.45. The van der Waals surface area contributed by atoms with Crippen molar-refractivity contribution >= 4 is 21.4 Å². The first-order valence-corrected chi connectivity index (χ1v) is 10.0. The highest BCUT2D eigenvalue weighted by molar-refractivity contribution is 7.89. The van der Waals surface area contributed by atoms with Gasteiger partial charge in [-0.25, -0.2) is 17.2 Å². The minimum Gasteiger partial charge on any atom is -0.293 e. The third-order valence-corrected chi connectivity index (χ3v) is 7.61. The van der Waals surface area contributed by atoms with Gasteiger partial charge in [-0.05, 0) is 35.6 Å². The Bertz CT molecular complexity index is 856. The number of nitrogens with zero attached hydrogens (tertiary/aromatic N) is 2. The van der Waals surface area contributed by atoms with Gasteiger partial charge in [0.15, 0.2) is 4.90 Å². The van der Waals surface area contributed by atoms with E-state index in [9.17, 15) is 17.2 Å². The predicted molar refractivity (Wildman–Crippen MR) is 87.3 cm³/mol. The molecule has 3 heterocycles. The average Bonchev–Trinajstić information content (AvgIpc) is 2.92. The molecule has 2 aliphatic heterocycles. The van der Waals surface area contributed by atoms with Crippen molar-refractivity contribution in [1.29, 1.82) is 0 Å². The molecule has 1 aromatic heterocycles. The van der Waals surface area contributed by atoms with Gasteiger partial charge in [-0.2, -0.15) is 4.31 Å². The second-order valence-corrected chi connectivity index (χ2v) is 8.99. The highest BCUT2D eigenvalue weighted by atomic mass is 32.2. The van der Waals surface area contributed by atoms with Crippen LogP contribution in [0.1, 0.15) is 10.4 Å². The van der Waals surface area contributed by atoms with Gasteiger partial charge in [0.2, 0.25) is 10.0 Å². The van der Waals surface area contributed by atoms with Crippen LogP contribution in [0.2, 0.25) is 0 Å². The fourth-order valence-corrected chi connectivity index (χ4v) is 5.80. The van der Waals surface area contributed by atoms with Crippen LogP contribution in [-0.2, 0) is 23.0 Å². The van der Waals surface area contributed by atoms with Crippen molar-refractivity contribution < 1.29 is 17.2 Å². The summed E-state index contributed by atoms with van der Waals surface area (Å²) in [4.78, 5) is 2.80. The molecule has 4 nitrogen and oxygen atoms in total. The Hall–Kier alpha value is -1.35. The zero-order valence-corrected chi connectivity index (χ0v) is 14.4. The molecule has 0 bridgehead atoms. The summed E-state index contributed by atoms with van der Waals surface area (Å²) >= 11 is 1.75. The standard InChI is InChI=1S/C16H16F2N2O2S2/c17-13-2-1-3-14(18)16(13)24(21,22)20-9-12(10-20)19-6-4-15-11(8-19)5-7-23-15/h1-3,5,7,12H,4,6,8-10H2. The summed E-state index contributed by atoms with van der Waals surface area (Å²) in [5, 5.41) is 2.08. The Morgan fingerprint density at radius 3 is 2.54 bits per heavy atom. The molecule has 0 aliphatic carbocycles. The van der Waals surface area contributed by atoms with Gasteiger partial charge < -0.3 is 0 Å². The number of benzene rings is 1. The summed E-state index contributed by atoms with van der Waals surface area (Å²) in [7, 11) is -4.13. The molecule has 0 amide bonds. The van der Waals surface area contributed by atoms with Crippen molar-refractivity contribution in [2.24, 2.45) is 0 Å². The summed E-state index contributed by atoms with van der Waals surface area (Å²) in [5.74, 6) is -2.08. The van der Waals surface area contributed by atoms with E-state index >= 15 is 0 Å². The number of sulfonamides is 1. The second-order valence-electron chi connectivity index (χ2n) is 6.12. The number of thiophene rings is 1. The predicted octanol–water partition coefficient (Wildman–Crippen LogP) is 2.46. The number of rotatable bonds is 3. The highest BCUT2D eigenvalue weighted by Gasteiger charge is 2.42. The molecular weight excluding hydrogens is 354 g/mol. The highest BCUT2D eigenvalue weighted by Crippen LogP contribution is 2.31. The van der Waals surface area contributed by atoms with Gasteiger partial charge >= 0.3 is 0 Å². The Morgan fingerprint density at radius 2 is 1.83 bits per heavy atom. The molecule has 4 rings (SSSR count). The molecule has 0 radical (unpaired) electrons. The van der Waals surface area contributed by atoms with Crippen LogP contribution in [0.5, 0.6) is 0 Å². The van der Waals surface area contributed by atoms with Crippen molar-refractivity contribution in [2.75, 3.05) is 19.6 Å². The summed E-state index contributed by atoms with van der Waals surface area (Å²) in [6, 6.07) is 5.30. The Kier molecular flexibility index (Phi) is 3.95. The van der Waals surface area contributed by atoms with E-state index < -0.39 is 26.6 Å². The molecule has 8 heteroatoms. The van der Waals surface area contributed by atoms with Crippen LogP contribution < -0.4 is 0 Å². The van der Waals surface area contributed by atoms with E-state index in [2.05, 4.69) is 16.3 Å². The fourth-order valence-electron chi connectivity index (χ4n) is 3.28. The molecule has 0 spiro atoms. The molecular formula is C16H16F2N2O2S2. The molecule has 1 saturated heterocycles. The second kappa shape index (κ2) is 5.87. The molecule has 128 valence electrons. The Labute approximate surface area is 143 Å². The molecule has 0 unspecified atom stereocenters. The van der Waals surface area contributed by atoms with Gasteiger partial charge in [0, 0.05) is 37.1 Å². The van der Waals surface area contributed by atoms with Crippen LogP contribution in [0.25, 0.3) is 0 Å². The van der Waals surface area contributed by atoms with E-state index in [1.54, 1.807) is 11.3 Å². The Morgan fingerprint density at radius 1 is 1.12 bits per heavy atom. The van der Waals surface area contributed by atoms with Crippen LogP contribution in [0.4, 0.5) is 8.78 Å². The SMILES string of the molecule is O=S(=O)(c1c(F)cccc1F)N1CC(N2CCc3sccc3C2)C1. The van der Waals surface area contributed by atoms with Crippen LogP contribution in [0.15, 0.2) is 34.5 Å². The summed E-state index contributed by atoms with van der Waals surface area (Å²) in [6.45, 7) is 2.25. The summed E-state index contributed by atoms with van der Waals surface area (Å²) in [5.41, 5.74) is 1.30. The molecule has 24 heavy (non-hydrogen) atoms. The van der Waals surface area contributed by atoms with E-state index in [4.69, 9.17) is 0 Å². The number of hydrogen-bond donors (Lipinski definition) is 0. The monoisotopic (exact) mass is 370 g/mol. The summed E-state index contributed by atoms with van der Waals surface area (Å²) < 4.78 is 53.7. The van der Waals surface area contributed by atoms with Crippen molar-refractivity contribution in [3.05, 3.63) is 51.7 Å². The average molecular weight is 370 g/mol. The molecule has 2 aliphatic rings. The maximum Gasteiger partial charge on any atom is 0.249 e. The lowest BCUT2D eigenvalue weighted by Crippen LogP contribution is -2.61. The van der Waals surface area contributed by atoms with Crippen LogP contribution in [-0.4, -0.2) is 43.3 Å². The van der Waals surface area contributed by atoms with Crippen molar-refractivity contribution in [2.45, 2.75) is 23.9 Å². The maximum atomic E-state index is 13.8. The molecule has 0 saturated carbocycles. The fraction of sp³-hybridized carbons (Fsp3) is 0.375. The normalized spacial score (nSPS) is 19.9. The Balaban J connectivity index is 1.48. The minimum atomic E-state index is -4.13. The van der Waals surface area contributed by atoms with E-state index in [1.807, 2.05) is 0 Å². The lowest BCUT2D eigenvalue weighted by molar-refractivity contribution is 0.0772. The molecule has 2 aromatic rings. The smallest absolute Gasteiger partial charge is 0.249 e. The van der Waals surface area contributed by atoms with Gasteiger partial charge in [0.05, 0.1) is 0 Å². The van der Waals surface area contributed by atoms with Gasteiger partial charge in [-0.15, -0.1) is 11.3 Å². The van der Waals surface area contributed by atoms with Crippen molar-refractivity contribution in [3.63, 3.8) is 0 Å². The first kappa shape index (κ1) is 16.1. The molecule has 1 fully saturated rings. The largest absolute Gasteiger partial charge is 0.293 e. The number of fused-ring (bicyclic) bond motifs is 1. The maximum absolute atomic E-state index is 13.8. The quantitative estimate of drug-likeness (QED) is 0.833. The van der Waals surface area contributed by atoms with E-state index in [0.717, 1.165) is 42.0 Å². The van der Waals surface area contributed by atoms with Crippen LogP contribution in [0, 0.1) is 11.6 Å². The third-order valence-electron chi connectivity index (χ3n) is 4.70. The van der Waals surface area contributed by atoms with Gasteiger partial charge in [0.1, 0.15) is 11.6 Å². The van der Waals surface area contributed by atoms with E-state index in [1.165, 1.54) is 10.4 Å². The third kappa shape index (κ3) is 2.57. The summed E-state index contributed by atoms with van der Waals surface area (Å²) in [6.07, 6.45) is 0.970. The molecule has 1 aromatic carbocycles. The topological polar surface area (TPSA) is 40.6 Å². The number of hydrogen-bond acceptors (Lipinski definition) is 4. The zero-order valence-electron chi connectivity index (χ0n) is 12.8. The van der Waals surface area contributed by atoms with Crippen molar-refractivity contribution in [1.82, 2.24) is 9.21 Å². The zero-order chi connectivity index (χ0) is 16.9. The molecule has 0 N–H and O–H groups in total. The minimum absolute atomic E-state index is 0.0997. The van der Waals surface area contributed by atoms with Gasteiger partial charge in [0.25, 0.3) is 0 Å². The first-order valence-electron chi connectivity index (χ1n) is 7.70. The van der Waals surface area contributed by atoms with Gasteiger partial charge in [-0.1, -0.05) is 6.07 Å². The van der Waals surface area contributed by atoms with E-state index in [0.29, 0.717) is 0 Å². The van der Waals surface area contributed by atoms with Crippen LogP contribution in [0.3, 0.4) is 0 Å². The first-order chi connectivity index (χ1) is 11.5. The van der Waals surface area contributed by atoms with E-state index in [-0.39, 0.29) is 19.1 Å². The van der Waals surface area contributed by atoms with Crippen molar-refractivity contribution in [3.8, 4) is 0 Å². The lowest BCUT2D eigenvalue weighted by atomic mass is 10.0. The molecule has 0 atom stereocenters. The van der Waals surface area contributed by atoms with Crippen LogP contribution >= 0.6 is 11.3 Å². The van der Waals surface area contributed by atoms with Gasteiger partial charge in [-0.3, -0.25) is 4.90 Å².